The summed E-state index contributed by atoms with van der Waals surface area (Å²) in [5, 5.41) is 14.4. The summed E-state index contributed by atoms with van der Waals surface area (Å²) in [6, 6.07) is 20.3. The van der Waals surface area contributed by atoms with E-state index in [1.54, 1.807) is 6.07 Å². The fourth-order valence-electron chi connectivity index (χ4n) is 4.26. The zero-order valence-corrected chi connectivity index (χ0v) is 20.7. The van der Waals surface area contributed by atoms with Crippen molar-refractivity contribution in [1.29, 1.82) is 0 Å². The second-order valence-electron chi connectivity index (χ2n) is 8.43. The van der Waals surface area contributed by atoms with E-state index in [2.05, 4.69) is 26.6 Å². The standard InChI is InChI=1S/C27H25BrN2O5/c1-16-10-11-23(22(28)14-16)29-26(33)24(12-13-25(31)32)30-27(34)35-15-21-19-8-4-2-6-17(19)18-7-3-5-9-20(18)21/h2-11,14,21,24H,12-13,15H2,1H3,(H,29,33)(H,30,34)(H,31,32). The Morgan fingerprint density at radius 2 is 1.63 bits per heavy atom. The number of halogens is 1. The Kier molecular flexibility index (Phi) is 7.51. The maximum atomic E-state index is 12.9. The first kappa shape index (κ1) is 24.5. The molecule has 0 fully saturated rings. The number of carboxylic acids is 1. The molecule has 0 aromatic heterocycles. The summed E-state index contributed by atoms with van der Waals surface area (Å²) >= 11 is 3.41. The molecule has 0 aliphatic heterocycles. The molecule has 0 heterocycles. The van der Waals surface area contributed by atoms with Crippen LogP contribution >= 0.6 is 15.9 Å². The van der Waals surface area contributed by atoms with Gasteiger partial charge in [-0.25, -0.2) is 4.79 Å². The van der Waals surface area contributed by atoms with Gasteiger partial charge in [0, 0.05) is 16.8 Å². The predicted molar refractivity (Wildman–Crippen MR) is 136 cm³/mol. The van der Waals surface area contributed by atoms with Crippen LogP contribution in [-0.4, -0.2) is 35.7 Å². The van der Waals surface area contributed by atoms with Crippen LogP contribution in [0.2, 0.25) is 0 Å². The van der Waals surface area contributed by atoms with Gasteiger partial charge in [0.05, 0.1) is 5.69 Å². The highest BCUT2D eigenvalue weighted by atomic mass is 79.9. The van der Waals surface area contributed by atoms with Crippen molar-refractivity contribution in [2.75, 3.05) is 11.9 Å². The monoisotopic (exact) mass is 536 g/mol. The van der Waals surface area contributed by atoms with Crippen LogP contribution in [0, 0.1) is 6.92 Å². The number of hydrogen-bond acceptors (Lipinski definition) is 4. The van der Waals surface area contributed by atoms with E-state index >= 15 is 0 Å². The van der Waals surface area contributed by atoms with E-state index in [0.29, 0.717) is 10.2 Å². The zero-order chi connectivity index (χ0) is 24.9. The molecule has 3 N–H and O–H groups in total. The highest BCUT2D eigenvalue weighted by Crippen LogP contribution is 2.44. The molecule has 1 atom stereocenters. The van der Waals surface area contributed by atoms with Crippen LogP contribution in [0.5, 0.6) is 0 Å². The average molecular weight is 537 g/mol. The normalized spacial score (nSPS) is 12.9. The largest absolute Gasteiger partial charge is 0.481 e. The van der Waals surface area contributed by atoms with Crippen molar-refractivity contribution in [2.45, 2.75) is 31.7 Å². The van der Waals surface area contributed by atoms with Crippen LogP contribution in [0.15, 0.2) is 71.2 Å². The molecule has 8 heteroatoms. The van der Waals surface area contributed by atoms with Gasteiger partial charge in [-0.15, -0.1) is 0 Å². The smallest absolute Gasteiger partial charge is 0.407 e. The molecule has 180 valence electrons. The Balaban J connectivity index is 1.43. The number of ether oxygens (including phenoxy) is 1. The first-order valence-electron chi connectivity index (χ1n) is 11.2. The third-order valence-corrected chi connectivity index (χ3v) is 6.64. The lowest BCUT2D eigenvalue weighted by Gasteiger charge is -2.20. The number of aliphatic carboxylic acids is 1. The molecule has 2 amide bonds. The van der Waals surface area contributed by atoms with Gasteiger partial charge in [0.2, 0.25) is 5.91 Å². The molecule has 3 aromatic carbocycles. The summed E-state index contributed by atoms with van der Waals surface area (Å²) < 4.78 is 6.21. The molecule has 4 rings (SSSR count). The first-order chi connectivity index (χ1) is 16.8. The summed E-state index contributed by atoms with van der Waals surface area (Å²) in [5.74, 6) is -1.71. The van der Waals surface area contributed by atoms with Gasteiger partial charge in [-0.2, -0.15) is 0 Å². The van der Waals surface area contributed by atoms with E-state index in [4.69, 9.17) is 9.84 Å². The topological polar surface area (TPSA) is 105 Å². The Morgan fingerprint density at radius 3 is 2.23 bits per heavy atom. The van der Waals surface area contributed by atoms with E-state index in [-0.39, 0.29) is 25.4 Å². The van der Waals surface area contributed by atoms with Crippen molar-refractivity contribution < 1.29 is 24.2 Å². The molecule has 0 radical (unpaired) electrons. The summed E-state index contributed by atoms with van der Waals surface area (Å²) in [6.07, 6.45) is -1.13. The van der Waals surface area contributed by atoms with Crippen LogP contribution in [0.4, 0.5) is 10.5 Å². The lowest BCUT2D eigenvalue weighted by molar-refractivity contribution is -0.137. The highest BCUT2D eigenvalue weighted by Gasteiger charge is 2.30. The summed E-state index contributed by atoms with van der Waals surface area (Å²) in [6.45, 7) is 2.02. The van der Waals surface area contributed by atoms with Gasteiger partial charge in [0.25, 0.3) is 0 Å². The predicted octanol–water partition coefficient (Wildman–Crippen LogP) is 5.47. The number of fused-ring (bicyclic) bond motifs is 3. The summed E-state index contributed by atoms with van der Waals surface area (Å²) in [4.78, 5) is 36.7. The number of hydrogen-bond donors (Lipinski definition) is 3. The van der Waals surface area contributed by atoms with Crippen LogP contribution in [0.3, 0.4) is 0 Å². The minimum absolute atomic E-state index is 0.0746. The molecule has 0 saturated carbocycles. The third-order valence-electron chi connectivity index (χ3n) is 5.98. The van der Waals surface area contributed by atoms with Crippen molar-refractivity contribution in [3.05, 3.63) is 87.9 Å². The van der Waals surface area contributed by atoms with E-state index in [1.807, 2.05) is 67.6 Å². The molecule has 0 spiro atoms. The van der Waals surface area contributed by atoms with E-state index in [9.17, 15) is 14.4 Å². The minimum atomic E-state index is -1.07. The number of rotatable bonds is 8. The fourth-order valence-corrected chi connectivity index (χ4v) is 4.85. The third kappa shape index (κ3) is 5.71. The molecule has 1 aliphatic carbocycles. The second-order valence-corrected chi connectivity index (χ2v) is 9.28. The molecule has 35 heavy (non-hydrogen) atoms. The van der Waals surface area contributed by atoms with E-state index < -0.39 is 24.0 Å². The van der Waals surface area contributed by atoms with Crippen LogP contribution in [0.25, 0.3) is 11.1 Å². The van der Waals surface area contributed by atoms with Gasteiger partial charge < -0.3 is 20.5 Å². The second kappa shape index (κ2) is 10.7. The van der Waals surface area contributed by atoms with Crippen molar-refractivity contribution in [1.82, 2.24) is 5.32 Å². The molecule has 3 aromatic rings. The maximum Gasteiger partial charge on any atom is 0.407 e. The Labute approximate surface area is 211 Å². The van der Waals surface area contributed by atoms with Gasteiger partial charge in [0.15, 0.2) is 0 Å². The van der Waals surface area contributed by atoms with Gasteiger partial charge in [-0.3, -0.25) is 9.59 Å². The Hall–Kier alpha value is -3.65. The number of carboxylic acid groups (broad SMARTS) is 1. The van der Waals surface area contributed by atoms with Crippen LogP contribution in [0.1, 0.15) is 35.4 Å². The molecular formula is C27H25BrN2O5. The van der Waals surface area contributed by atoms with Crippen molar-refractivity contribution in [3.8, 4) is 11.1 Å². The number of aryl methyl sites for hydroxylation is 1. The van der Waals surface area contributed by atoms with Crippen LogP contribution < -0.4 is 10.6 Å². The van der Waals surface area contributed by atoms with E-state index in [0.717, 1.165) is 27.8 Å². The Morgan fingerprint density at radius 1 is 1.00 bits per heavy atom. The highest BCUT2D eigenvalue weighted by molar-refractivity contribution is 9.10. The molecule has 0 bridgehead atoms. The number of carbonyl (C=O) groups excluding carboxylic acids is 2. The van der Waals surface area contributed by atoms with Crippen LogP contribution in [-0.2, 0) is 14.3 Å². The fraction of sp³-hybridized carbons (Fsp3) is 0.222. The summed E-state index contributed by atoms with van der Waals surface area (Å²) in [5.41, 5.74) is 5.90. The van der Waals surface area contributed by atoms with Crippen molar-refractivity contribution in [3.63, 3.8) is 0 Å². The number of carbonyl (C=O) groups is 3. The molecule has 1 unspecified atom stereocenters. The molecule has 1 aliphatic rings. The SMILES string of the molecule is Cc1ccc(NC(=O)C(CCC(=O)O)NC(=O)OCC2c3ccccc3-c3ccccc32)c(Br)c1. The van der Waals surface area contributed by atoms with Gasteiger partial charge in [-0.05, 0) is 69.2 Å². The van der Waals surface area contributed by atoms with Crippen molar-refractivity contribution >= 4 is 39.6 Å². The number of anilines is 1. The number of nitrogens with one attached hydrogen (secondary N) is 2. The number of benzene rings is 3. The number of amides is 2. The van der Waals surface area contributed by atoms with Crippen molar-refractivity contribution in [2.24, 2.45) is 0 Å². The average Bonchev–Trinajstić information content (AvgIpc) is 3.15. The lowest BCUT2D eigenvalue weighted by atomic mass is 9.98. The molecule has 0 saturated heterocycles. The minimum Gasteiger partial charge on any atom is -0.481 e. The Bertz CT molecular complexity index is 1230. The van der Waals surface area contributed by atoms with Gasteiger partial charge in [-0.1, -0.05) is 54.6 Å². The van der Waals surface area contributed by atoms with E-state index in [1.165, 1.54) is 0 Å². The molecule has 7 nitrogen and oxygen atoms in total. The zero-order valence-electron chi connectivity index (χ0n) is 19.1. The summed E-state index contributed by atoms with van der Waals surface area (Å²) in [7, 11) is 0. The first-order valence-corrected chi connectivity index (χ1v) is 12.0. The molecular weight excluding hydrogens is 512 g/mol. The quantitative estimate of drug-likeness (QED) is 0.354. The number of alkyl carbamates (subject to hydrolysis) is 1. The lowest BCUT2D eigenvalue weighted by Crippen LogP contribution is -2.44. The van der Waals surface area contributed by atoms with Gasteiger partial charge >= 0.3 is 12.1 Å². The van der Waals surface area contributed by atoms with Gasteiger partial charge in [0.1, 0.15) is 12.6 Å². The maximum absolute atomic E-state index is 12.9.